The molecule has 2 N–H and O–H groups in total. The van der Waals surface area contributed by atoms with Crippen LogP contribution in [0.25, 0.3) is 0 Å². The van der Waals surface area contributed by atoms with Crippen molar-refractivity contribution in [1.29, 1.82) is 0 Å². The van der Waals surface area contributed by atoms with Crippen molar-refractivity contribution >= 4 is 0 Å². The first-order valence-corrected chi connectivity index (χ1v) is 6.17. The van der Waals surface area contributed by atoms with E-state index in [9.17, 15) is 18.3 Å². The summed E-state index contributed by atoms with van der Waals surface area (Å²) in [7, 11) is 0. The highest BCUT2D eigenvalue weighted by Gasteiger charge is 2.30. The number of halogens is 3. The van der Waals surface area contributed by atoms with Crippen LogP contribution in [-0.4, -0.2) is 16.7 Å². The van der Waals surface area contributed by atoms with E-state index in [1.807, 2.05) is 20.8 Å². The van der Waals surface area contributed by atoms with Gasteiger partial charge in [-0.05, 0) is 45.4 Å². The topological polar surface area (TPSA) is 32.3 Å². The molecule has 0 bridgehead atoms. The maximum Gasteiger partial charge on any atom is 0.416 e. The molecule has 2 unspecified atom stereocenters. The molecule has 5 heteroatoms. The summed E-state index contributed by atoms with van der Waals surface area (Å²) in [6.07, 6.45) is -4.88. The molecule has 1 aromatic carbocycles. The van der Waals surface area contributed by atoms with Gasteiger partial charge >= 0.3 is 6.18 Å². The Bertz CT molecular complexity index is 410. The lowest BCUT2D eigenvalue weighted by Gasteiger charge is -2.33. The molecule has 2 atom stereocenters. The molecule has 108 valence electrons. The van der Waals surface area contributed by atoms with Gasteiger partial charge in [0.2, 0.25) is 0 Å². The Hall–Kier alpha value is -1.07. The molecule has 0 spiro atoms. The van der Waals surface area contributed by atoms with E-state index in [2.05, 4.69) is 5.32 Å². The van der Waals surface area contributed by atoms with Gasteiger partial charge in [-0.1, -0.05) is 12.1 Å². The fourth-order valence-corrected chi connectivity index (χ4v) is 1.72. The van der Waals surface area contributed by atoms with Gasteiger partial charge in [0.1, 0.15) is 0 Å². The lowest BCUT2D eigenvalue weighted by molar-refractivity contribution is -0.137. The Labute approximate surface area is 111 Å². The van der Waals surface area contributed by atoms with Gasteiger partial charge in [-0.25, -0.2) is 0 Å². The Morgan fingerprint density at radius 3 is 1.89 bits per heavy atom. The quantitative estimate of drug-likeness (QED) is 0.881. The van der Waals surface area contributed by atoms with Crippen molar-refractivity contribution in [2.24, 2.45) is 0 Å². The first kappa shape index (κ1) is 16.0. The zero-order valence-electron chi connectivity index (χ0n) is 11.5. The fraction of sp³-hybridized carbons (Fsp3) is 0.571. The van der Waals surface area contributed by atoms with E-state index in [1.165, 1.54) is 12.1 Å². The number of hydrogen-bond donors (Lipinski definition) is 2. The minimum atomic E-state index is -4.31. The lowest BCUT2D eigenvalue weighted by Crippen LogP contribution is -2.49. The van der Waals surface area contributed by atoms with Gasteiger partial charge in [0.25, 0.3) is 0 Å². The summed E-state index contributed by atoms with van der Waals surface area (Å²) in [5.41, 5.74) is -0.415. The van der Waals surface area contributed by atoms with Gasteiger partial charge in [-0.3, -0.25) is 0 Å². The highest BCUT2D eigenvalue weighted by atomic mass is 19.4. The molecule has 0 aliphatic heterocycles. The highest BCUT2D eigenvalue weighted by molar-refractivity contribution is 5.26. The number of aliphatic hydroxyl groups excluding tert-OH is 1. The summed E-state index contributed by atoms with van der Waals surface area (Å²) in [5, 5.41) is 12.8. The molecule has 19 heavy (non-hydrogen) atoms. The molecule has 0 fully saturated rings. The first-order valence-electron chi connectivity index (χ1n) is 6.17. The van der Waals surface area contributed by atoms with Crippen molar-refractivity contribution < 1.29 is 18.3 Å². The van der Waals surface area contributed by atoms with Gasteiger partial charge in [0.15, 0.2) is 0 Å². The van der Waals surface area contributed by atoms with E-state index < -0.39 is 23.4 Å². The standard InChI is InChI=1S/C14H20F3NO/c1-9(18-13(3,4)10(2)19)11-5-7-12(8-6-11)14(15,16)17/h5-10,18-19H,1-4H3. The molecule has 0 aromatic heterocycles. The van der Waals surface area contributed by atoms with Gasteiger partial charge in [0.05, 0.1) is 11.7 Å². The summed E-state index contributed by atoms with van der Waals surface area (Å²) in [5.74, 6) is 0. The molecule has 1 rings (SSSR count). The summed E-state index contributed by atoms with van der Waals surface area (Å²) >= 11 is 0. The Morgan fingerprint density at radius 2 is 1.53 bits per heavy atom. The molecule has 0 aliphatic rings. The number of benzene rings is 1. The average Bonchev–Trinajstić information content (AvgIpc) is 2.27. The smallest absolute Gasteiger partial charge is 0.392 e. The van der Waals surface area contributed by atoms with Gasteiger partial charge < -0.3 is 10.4 Å². The summed E-state index contributed by atoms with van der Waals surface area (Å²) < 4.78 is 37.3. The van der Waals surface area contributed by atoms with Crippen LogP contribution >= 0.6 is 0 Å². The van der Waals surface area contributed by atoms with Crippen molar-refractivity contribution in [1.82, 2.24) is 5.32 Å². The Morgan fingerprint density at radius 1 is 1.05 bits per heavy atom. The second-order valence-corrected chi connectivity index (χ2v) is 5.38. The predicted octanol–water partition coefficient (Wildman–Crippen LogP) is 3.52. The maximum atomic E-state index is 12.4. The van der Waals surface area contributed by atoms with Crippen LogP contribution < -0.4 is 5.32 Å². The number of alkyl halides is 3. The highest BCUT2D eigenvalue weighted by Crippen LogP contribution is 2.30. The molecule has 0 saturated heterocycles. The van der Waals surface area contributed by atoms with Crippen LogP contribution in [0, 0.1) is 0 Å². The SMILES string of the molecule is CC(NC(C)(C)C(C)O)c1ccc(C(F)(F)F)cc1. The normalized spacial score (nSPS) is 16.2. The molecule has 0 aliphatic carbocycles. The average molecular weight is 275 g/mol. The third-order valence-electron chi connectivity index (χ3n) is 3.37. The molecule has 0 amide bonds. The second kappa shape index (κ2) is 5.51. The molecule has 0 saturated carbocycles. The Balaban J connectivity index is 2.82. The monoisotopic (exact) mass is 275 g/mol. The molecular weight excluding hydrogens is 255 g/mol. The largest absolute Gasteiger partial charge is 0.416 e. The van der Waals surface area contributed by atoms with E-state index >= 15 is 0 Å². The third kappa shape index (κ3) is 4.21. The van der Waals surface area contributed by atoms with E-state index in [4.69, 9.17) is 0 Å². The van der Waals surface area contributed by atoms with Gasteiger partial charge in [0, 0.05) is 11.6 Å². The minimum absolute atomic E-state index is 0.146. The predicted molar refractivity (Wildman–Crippen MR) is 68.8 cm³/mol. The fourth-order valence-electron chi connectivity index (χ4n) is 1.72. The van der Waals surface area contributed by atoms with Crippen molar-refractivity contribution in [3.63, 3.8) is 0 Å². The van der Waals surface area contributed by atoms with Gasteiger partial charge in [-0.2, -0.15) is 13.2 Å². The Kier molecular flexibility index (Phi) is 4.63. The van der Waals surface area contributed by atoms with Gasteiger partial charge in [-0.15, -0.1) is 0 Å². The van der Waals surface area contributed by atoms with Crippen molar-refractivity contribution in [3.05, 3.63) is 35.4 Å². The van der Waals surface area contributed by atoms with Crippen molar-refractivity contribution in [2.75, 3.05) is 0 Å². The summed E-state index contributed by atoms with van der Waals surface area (Å²) in [6, 6.07) is 4.91. The number of nitrogens with one attached hydrogen (secondary N) is 1. The van der Waals surface area contributed by atoms with E-state index in [-0.39, 0.29) is 6.04 Å². The minimum Gasteiger partial charge on any atom is -0.392 e. The molecule has 0 radical (unpaired) electrons. The zero-order valence-corrected chi connectivity index (χ0v) is 11.5. The van der Waals surface area contributed by atoms with E-state index in [0.29, 0.717) is 0 Å². The molecular formula is C14H20F3NO. The number of hydrogen-bond acceptors (Lipinski definition) is 2. The first-order chi connectivity index (χ1) is 8.54. The summed E-state index contributed by atoms with van der Waals surface area (Å²) in [6.45, 7) is 7.22. The van der Waals surface area contributed by atoms with Crippen LogP contribution in [0.5, 0.6) is 0 Å². The molecule has 2 nitrogen and oxygen atoms in total. The third-order valence-corrected chi connectivity index (χ3v) is 3.37. The second-order valence-electron chi connectivity index (χ2n) is 5.38. The van der Waals surface area contributed by atoms with Crippen molar-refractivity contribution in [3.8, 4) is 0 Å². The lowest BCUT2D eigenvalue weighted by atomic mass is 9.95. The van der Waals surface area contributed by atoms with Crippen LogP contribution in [-0.2, 0) is 6.18 Å². The number of aliphatic hydroxyl groups is 1. The van der Waals surface area contributed by atoms with Crippen molar-refractivity contribution in [2.45, 2.75) is 51.6 Å². The van der Waals surface area contributed by atoms with Crippen LogP contribution in [0.15, 0.2) is 24.3 Å². The molecule has 0 heterocycles. The summed E-state index contributed by atoms with van der Waals surface area (Å²) in [4.78, 5) is 0. The maximum absolute atomic E-state index is 12.4. The zero-order chi connectivity index (χ0) is 14.8. The van der Waals surface area contributed by atoms with E-state index in [1.54, 1.807) is 6.92 Å². The van der Waals surface area contributed by atoms with Crippen LogP contribution in [0.4, 0.5) is 13.2 Å². The number of rotatable bonds is 4. The van der Waals surface area contributed by atoms with Crippen LogP contribution in [0.1, 0.15) is 44.9 Å². The van der Waals surface area contributed by atoms with Crippen LogP contribution in [0.3, 0.4) is 0 Å². The molecule has 1 aromatic rings. The van der Waals surface area contributed by atoms with Crippen LogP contribution in [0.2, 0.25) is 0 Å². The van der Waals surface area contributed by atoms with E-state index in [0.717, 1.165) is 17.7 Å².